The molecule has 0 amide bonds. The van der Waals surface area contributed by atoms with Crippen LogP contribution in [0.4, 0.5) is 0 Å². The van der Waals surface area contributed by atoms with Gasteiger partial charge in [-0.25, -0.2) is 8.42 Å². The van der Waals surface area contributed by atoms with Gasteiger partial charge in [0.25, 0.3) is 0 Å². The molecule has 0 unspecified atom stereocenters. The molecule has 0 atom stereocenters. The Morgan fingerprint density at radius 3 is 2.52 bits per heavy atom. The number of hydrogen-bond acceptors (Lipinski definition) is 5. The quantitative estimate of drug-likeness (QED) is 0.816. The second kappa shape index (κ2) is 7.49. The van der Waals surface area contributed by atoms with Crippen LogP contribution in [0.25, 0.3) is 10.9 Å². The topological polar surface area (TPSA) is 86.1 Å². The van der Waals surface area contributed by atoms with Crippen LogP contribution in [0.3, 0.4) is 0 Å². The van der Waals surface area contributed by atoms with Crippen LogP contribution in [0.15, 0.2) is 22.7 Å². The zero-order chi connectivity index (χ0) is 16.0. The lowest BCUT2D eigenvalue weighted by Gasteiger charge is -2.02. The van der Waals surface area contributed by atoms with Gasteiger partial charge in [-0.1, -0.05) is 15.9 Å². The van der Waals surface area contributed by atoms with Crippen molar-refractivity contribution in [1.82, 2.24) is 9.78 Å². The molecule has 0 N–H and O–H groups in total. The van der Waals surface area contributed by atoms with Crippen LogP contribution < -0.4 is 0 Å². The van der Waals surface area contributed by atoms with E-state index >= 15 is 0 Å². The third-order valence-electron chi connectivity index (χ3n) is 2.78. The lowest BCUT2D eigenvalue weighted by Crippen LogP contribution is -2.08. The fourth-order valence-corrected chi connectivity index (χ4v) is 2.97. The van der Waals surface area contributed by atoms with Crippen molar-refractivity contribution in [2.75, 3.05) is 12.0 Å². The second-order valence-corrected chi connectivity index (χ2v) is 7.71. The maximum atomic E-state index is 11.1. The molecule has 0 aliphatic heterocycles. The summed E-state index contributed by atoms with van der Waals surface area (Å²) in [4.78, 5) is 16.2. The van der Waals surface area contributed by atoms with Crippen molar-refractivity contribution in [3.8, 4) is 0 Å². The number of fused-ring (bicyclic) bond motifs is 1. The van der Waals surface area contributed by atoms with Gasteiger partial charge in [-0.05, 0) is 31.5 Å². The molecule has 0 aliphatic rings. The van der Waals surface area contributed by atoms with E-state index in [0.717, 1.165) is 21.1 Å². The van der Waals surface area contributed by atoms with E-state index in [0.29, 0.717) is 13.0 Å². The van der Waals surface area contributed by atoms with Crippen LogP contribution >= 0.6 is 15.9 Å². The lowest BCUT2D eigenvalue weighted by atomic mass is 10.2. The normalized spacial score (nSPS) is 10.8. The number of benzene rings is 1. The molecule has 6 nitrogen and oxygen atoms in total. The minimum Gasteiger partial charge on any atom is -0.265 e. The Kier molecular flexibility index (Phi) is 6.26. The van der Waals surface area contributed by atoms with Crippen LogP contribution in [-0.4, -0.2) is 36.4 Å². The van der Waals surface area contributed by atoms with Gasteiger partial charge in [0.2, 0.25) is 0 Å². The van der Waals surface area contributed by atoms with Crippen LogP contribution in [0.1, 0.15) is 12.1 Å². The van der Waals surface area contributed by atoms with Gasteiger partial charge in [-0.2, -0.15) is 14.7 Å². The summed E-state index contributed by atoms with van der Waals surface area (Å²) < 4.78 is 25.1. The average molecular weight is 375 g/mol. The summed E-state index contributed by atoms with van der Waals surface area (Å²) >= 11 is 3.44. The highest BCUT2D eigenvalue weighted by atomic mass is 79.9. The first-order chi connectivity index (χ1) is 9.78. The summed E-state index contributed by atoms with van der Waals surface area (Å²) in [6, 6.07) is 6.00. The Morgan fingerprint density at radius 1 is 1.33 bits per heavy atom. The first-order valence-corrected chi connectivity index (χ1v) is 8.93. The predicted octanol–water partition coefficient (Wildman–Crippen LogP) is 1.96. The summed E-state index contributed by atoms with van der Waals surface area (Å²) in [7, 11) is -2.90. The maximum absolute atomic E-state index is 11.1. The van der Waals surface area contributed by atoms with E-state index < -0.39 is 9.84 Å². The fraction of sp³-hybridized carbons (Fsp3) is 0.385. The SMILES string of the molecule is Cc1nn(CCCS(C)(=O)=O)c2ccc(Br)cc12.O=C=O. The van der Waals surface area contributed by atoms with Gasteiger partial charge in [0.15, 0.2) is 0 Å². The Morgan fingerprint density at radius 2 is 1.95 bits per heavy atom. The summed E-state index contributed by atoms with van der Waals surface area (Å²) in [5.74, 6) is 0.198. The molecule has 0 fully saturated rings. The van der Waals surface area contributed by atoms with Crippen molar-refractivity contribution in [2.45, 2.75) is 19.9 Å². The molecule has 1 aromatic carbocycles. The Labute approximate surface area is 131 Å². The van der Waals surface area contributed by atoms with Gasteiger partial charge in [0.05, 0.1) is 17.0 Å². The number of halogens is 1. The van der Waals surface area contributed by atoms with Crippen LogP contribution in [0.2, 0.25) is 0 Å². The molecule has 1 aromatic heterocycles. The molecular weight excluding hydrogens is 360 g/mol. The molecule has 8 heteroatoms. The van der Waals surface area contributed by atoms with Crippen molar-refractivity contribution < 1.29 is 18.0 Å². The molecule has 114 valence electrons. The molecular formula is C13H15BrN2O4S. The summed E-state index contributed by atoms with van der Waals surface area (Å²) in [5, 5.41) is 5.55. The van der Waals surface area contributed by atoms with E-state index in [1.807, 2.05) is 29.8 Å². The van der Waals surface area contributed by atoms with Crippen molar-refractivity contribution in [3.63, 3.8) is 0 Å². The minimum absolute atomic E-state index is 0.198. The summed E-state index contributed by atoms with van der Waals surface area (Å²) in [5.41, 5.74) is 2.01. The van der Waals surface area contributed by atoms with Crippen molar-refractivity contribution in [3.05, 3.63) is 28.4 Å². The second-order valence-electron chi connectivity index (χ2n) is 4.54. The summed E-state index contributed by atoms with van der Waals surface area (Å²) in [6.07, 6.45) is 2.10. The fourth-order valence-electron chi connectivity index (χ4n) is 1.96. The van der Waals surface area contributed by atoms with Crippen molar-refractivity contribution >= 4 is 42.8 Å². The van der Waals surface area contributed by atoms with E-state index in [4.69, 9.17) is 9.59 Å². The van der Waals surface area contributed by atoms with Gasteiger partial charge >= 0.3 is 6.15 Å². The van der Waals surface area contributed by atoms with Crippen molar-refractivity contribution in [1.29, 1.82) is 0 Å². The van der Waals surface area contributed by atoms with Gasteiger partial charge in [-0.15, -0.1) is 0 Å². The van der Waals surface area contributed by atoms with Crippen LogP contribution in [0, 0.1) is 6.92 Å². The van der Waals surface area contributed by atoms with Crippen molar-refractivity contribution in [2.24, 2.45) is 0 Å². The van der Waals surface area contributed by atoms with E-state index in [9.17, 15) is 8.42 Å². The van der Waals surface area contributed by atoms with Gasteiger partial charge in [0, 0.05) is 22.7 Å². The number of aromatic nitrogens is 2. The Bertz CT molecular complexity index is 762. The zero-order valence-electron chi connectivity index (χ0n) is 11.7. The molecule has 0 spiro atoms. The predicted molar refractivity (Wildman–Crippen MR) is 81.5 cm³/mol. The highest BCUT2D eigenvalue weighted by molar-refractivity contribution is 9.10. The molecule has 0 bridgehead atoms. The minimum atomic E-state index is -2.90. The van der Waals surface area contributed by atoms with Gasteiger partial charge < -0.3 is 0 Å². The molecule has 0 saturated carbocycles. The van der Waals surface area contributed by atoms with E-state index in [1.165, 1.54) is 6.26 Å². The third kappa shape index (κ3) is 5.41. The number of sulfone groups is 1. The van der Waals surface area contributed by atoms with E-state index in [-0.39, 0.29) is 11.9 Å². The number of aryl methyl sites for hydroxylation is 2. The molecule has 21 heavy (non-hydrogen) atoms. The molecule has 0 radical (unpaired) electrons. The maximum Gasteiger partial charge on any atom is 0.373 e. The highest BCUT2D eigenvalue weighted by Gasteiger charge is 2.08. The Hall–Kier alpha value is -1.50. The average Bonchev–Trinajstić information content (AvgIpc) is 2.65. The monoisotopic (exact) mass is 374 g/mol. The number of hydrogen-bond donors (Lipinski definition) is 0. The first kappa shape index (κ1) is 17.6. The summed E-state index contributed by atoms with van der Waals surface area (Å²) in [6.45, 7) is 2.58. The van der Waals surface area contributed by atoms with E-state index in [2.05, 4.69) is 21.0 Å². The lowest BCUT2D eigenvalue weighted by molar-refractivity contribution is -0.191. The van der Waals surface area contributed by atoms with Crippen LogP contribution in [0.5, 0.6) is 0 Å². The van der Waals surface area contributed by atoms with Gasteiger partial charge in [0.1, 0.15) is 9.84 Å². The highest BCUT2D eigenvalue weighted by Crippen LogP contribution is 2.22. The molecule has 0 aliphatic carbocycles. The molecule has 2 aromatic rings. The van der Waals surface area contributed by atoms with Crippen LogP contribution in [-0.2, 0) is 26.0 Å². The number of nitrogens with zero attached hydrogens (tertiary/aromatic N) is 2. The standard InChI is InChI=1S/C12H15BrN2O2S.CO2/c1-9-11-8-10(13)4-5-12(11)15(14-9)6-3-7-18(2,16)17;2-1-3/h4-5,8H,3,6-7H2,1-2H3;. The largest absolute Gasteiger partial charge is 0.373 e. The number of rotatable bonds is 4. The molecule has 0 saturated heterocycles. The first-order valence-electron chi connectivity index (χ1n) is 6.08. The number of carbonyl (C=O) groups excluding carboxylic acids is 2. The molecule has 1 heterocycles. The Balaban J connectivity index is 0.000000677. The smallest absolute Gasteiger partial charge is 0.265 e. The van der Waals surface area contributed by atoms with E-state index in [1.54, 1.807) is 0 Å². The van der Waals surface area contributed by atoms with Gasteiger partial charge in [-0.3, -0.25) is 4.68 Å². The third-order valence-corrected chi connectivity index (χ3v) is 4.31. The zero-order valence-corrected chi connectivity index (χ0v) is 14.1. The molecule has 2 rings (SSSR count).